The molecule has 1 aromatic rings. The van der Waals surface area contributed by atoms with E-state index in [1.807, 2.05) is 13.8 Å². The van der Waals surface area contributed by atoms with Gasteiger partial charge in [-0.25, -0.2) is 9.59 Å². The van der Waals surface area contributed by atoms with Crippen LogP contribution in [0.3, 0.4) is 0 Å². The average Bonchev–Trinajstić information content (AvgIpc) is 2.39. The minimum Gasteiger partial charge on any atom is -0.482 e. The summed E-state index contributed by atoms with van der Waals surface area (Å²) in [6, 6.07) is 3.50. The maximum atomic E-state index is 11.9. The Morgan fingerprint density at radius 2 is 1.70 bits per heavy atom. The fraction of sp³-hybridized carbons (Fsp3) is 0.529. The van der Waals surface area contributed by atoms with Gasteiger partial charge in [0.15, 0.2) is 6.61 Å². The second-order valence-corrected chi connectivity index (χ2v) is 6.15. The molecule has 0 unspecified atom stereocenters. The van der Waals surface area contributed by atoms with E-state index in [9.17, 15) is 9.59 Å². The Labute approximate surface area is 137 Å². The third-order valence-corrected chi connectivity index (χ3v) is 2.79. The molecule has 1 aromatic carbocycles. The Bertz CT molecular complexity index is 552. The number of carbonyl (C=O) groups excluding carboxylic acids is 2. The molecule has 0 spiro atoms. The van der Waals surface area contributed by atoms with Gasteiger partial charge in [0.1, 0.15) is 11.4 Å². The van der Waals surface area contributed by atoms with Crippen LogP contribution in [0, 0.1) is 13.8 Å². The van der Waals surface area contributed by atoms with E-state index in [4.69, 9.17) is 14.2 Å². The largest absolute Gasteiger partial charge is 0.482 e. The molecule has 23 heavy (non-hydrogen) atoms. The number of hydrogen-bond donors (Lipinski definition) is 1. The lowest BCUT2D eigenvalue weighted by Crippen LogP contribution is -2.27. The van der Waals surface area contributed by atoms with Crippen molar-refractivity contribution in [1.29, 1.82) is 0 Å². The molecule has 1 N–H and O–H groups in total. The third kappa shape index (κ3) is 6.59. The van der Waals surface area contributed by atoms with Gasteiger partial charge < -0.3 is 14.2 Å². The number of carbonyl (C=O) groups is 2. The first-order chi connectivity index (χ1) is 10.6. The molecule has 0 fully saturated rings. The van der Waals surface area contributed by atoms with Crippen LogP contribution >= 0.6 is 0 Å². The number of amides is 1. The number of benzene rings is 1. The van der Waals surface area contributed by atoms with Crippen molar-refractivity contribution < 1.29 is 23.8 Å². The van der Waals surface area contributed by atoms with Crippen molar-refractivity contribution in [1.82, 2.24) is 0 Å². The summed E-state index contributed by atoms with van der Waals surface area (Å²) in [4.78, 5) is 23.2. The molecule has 0 radical (unpaired) electrons. The number of nitrogens with one attached hydrogen (secondary N) is 1. The number of hydrogen-bond acceptors (Lipinski definition) is 5. The van der Waals surface area contributed by atoms with Gasteiger partial charge in [-0.3, -0.25) is 5.32 Å². The van der Waals surface area contributed by atoms with Crippen molar-refractivity contribution in [2.45, 2.75) is 47.1 Å². The van der Waals surface area contributed by atoms with Crippen LogP contribution in [0.25, 0.3) is 0 Å². The lowest BCUT2D eigenvalue weighted by molar-refractivity contribution is -0.145. The summed E-state index contributed by atoms with van der Waals surface area (Å²) < 4.78 is 15.5. The van der Waals surface area contributed by atoms with Crippen LogP contribution in [0.15, 0.2) is 12.1 Å². The van der Waals surface area contributed by atoms with Gasteiger partial charge in [-0.15, -0.1) is 0 Å². The first-order valence-electron chi connectivity index (χ1n) is 7.52. The second-order valence-electron chi connectivity index (χ2n) is 6.15. The van der Waals surface area contributed by atoms with Gasteiger partial charge >= 0.3 is 12.1 Å². The Kier molecular flexibility index (Phi) is 6.42. The molecule has 6 nitrogen and oxygen atoms in total. The highest BCUT2D eigenvalue weighted by Crippen LogP contribution is 2.27. The van der Waals surface area contributed by atoms with Gasteiger partial charge in [0.2, 0.25) is 0 Å². The predicted octanol–water partition coefficient (Wildman–Crippen LogP) is 3.59. The number of rotatable bonds is 5. The Morgan fingerprint density at radius 1 is 1.13 bits per heavy atom. The minimum atomic E-state index is -0.561. The van der Waals surface area contributed by atoms with E-state index >= 15 is 0 Å². The molecule has 0 heterocycles. The molecule has 1 amide bonds. The smallest absolute Gasteiger partial charge is 0.412 e. The summed E-state index contributed by atoms with van der Waals surface area (Å²) in [5, 5.41) is 2.74. The van der Waals surface area contributed by atoms with Gasteiger partial charge in [0.05, 0.1) is 12.3 Å². The summed E-state index contributed by atoms with van der Waals surface area (Å²) >= 11 is 0. The third-order valence-electron chi connectivity index (χ3n) is 2.79. The highest BCUT2D eigenvalue weighted by molar-refractivity contribution is 5.87. The van der Waals surface area contributed by atoms with Crippen molar-refractivity contribution in [3.63, 3.8) is 0 Å². The topological polar surface area (TPSA) is 73.9 Å². The molecule has 0 atom stereocenters. The van der Waals surface area contributed by atoms with E-state index in [1.54, 1.807) is 39.8 Å². The molecular weight excluding hydrogens is 298 g/mol. The van der Waals surface area contributed by atoms with Crippen molar-refractivity contribution in [3.05, 3.63) is 23.3 Å². The number of aryl methyl sites for hydroxylation is 2. The number of ether oxygens (including phenoxy) is 3. The zero-order valence-electron chi connectivity index (χ0n) is 14.6. The number of anilines is 1. The molecule has 0 saturated carbocycles. The molecule has 0 saturated heterocycles. The van der Waals surface area contributed by atoms with Gasteiger partial charge in [-0.2, -0.15) is 0 Å². The lowest BCUT2D eigenvalue weighted by Gasteiger charge is -2.21. The summed E-state index contributed by atoms with van der Waals surface area (Å²) in [6.45, 7) is 11.0. The van der Waals surface area contributed by atoms with Crippen LogP contribution in [0.4, 0.5) is 10.5 Å². The van der Waals surface area contributed by atoms with Crippen LogP contribution < -0.4 is 10.1 Å². The predicted molar refractivity (Wildman–Crippen MR) is 87.9 cm³/mol. The van der Waals surface area contributed by atoms with E-state index < -0.39 is 17.7 Å². The van der Waals surface area contributed by atoms with Crippen molar-refractivity contribution in [3.8, 4) is 5.75 Å². The van der Waals surface area contributed by atoms with Gasteiger partial charge in [-0.1, -0.05) is 0 Å². The van der Waals surface area contributed by atoms with E-state index in [0.717, 1.165) is 11.1 Å². The number of esters is 1. The van der Waals surface area contributed by atoms with Crippen LogP contribution in [-0.4, -0.2) is 30.9 Å². The fourth-order valence-electron chi connectivity index (χ4n) is 1.95. The van der Waals surface area contributed by atoms with Gasteiger partial charge in [0.25, 0.3) is 0 Å². The standard InChI is InChI=1S/C17H25NO5/c1-7-21-14(19)10-22-13-8-11(2)15(12(3)9-13)18-16(20)23-17(4,5)6/h8-9H,7,10H2,1-6H3,(H,18,20). The molecule has 0 aliphatic rings. The minimum absolute atomic E-state index is 0.147. The Morgan fingerprint density at radius 3 is 2.17 bits per heavy atom. The fourth-order valence-corrected chi connectivity index (χ4v) is 1.95. The summed E-state index contributed by atoms with van der Waals surface area (Å²) in [6.07, 6.45) is -0.510. The van der Waals surface area contributed by atoms with Crippen molar-refractivity contribution in [2.24, 2.45) is 0 Å². The maximum absolute atomic E-state index is 11.9. The van der Waals surface area contributed by atoms with E-state index in [2.05, 4.69) is 5.32 Å². The molecule has 1 rings (SSSR count). The molecule has 0 aliphatic heterocycles. The highest BCUT2D eigenvalue weighted by Gasteiger charge is 2.18. The highest BCUT2D eigenvalue weighted by atomic mass is 16.6. The van der Waals surface area contributed by atoms with Gasteiger partial charge in [0, 0.05) is 0 Å². The van der Waals surface area contributed by atoms with Gasteiger partial charge in [-0.05, 0) is 64.8 Å². The first-order valence-corrected chi connectivity index (χ1v) is 7.52. The normalized spacial score (nSPS) is 10.9. The SMILES string of the molecule is CCOC(=O)COc1cc(C)c(NC(=O)OC(C)(C)C)c(C)c1. The van der Waals surface area contributed by atoms with Crippen molar-refractivity contribution >= 4 is 17.7 Å². The van der Waals surface area contributed by atoms with Crippen LogP contribution in [0.5, 0.6) is 5.75 Å². The quantitative estimate of drug-likeness (QED) is 0.838. The summed E-state index contributed by atoms with van der Waals surface area (Å²) in [7, 11) is 0. The molecule has 0 aromatic heterocycles. The second kappa shape index (κ2) is 7.85. The monoisotopic (exact) mass is 323 g/mol. The van der Waals surface area contributed by atoms with E-state index in [0.29, 0.717) is 18.0 Å². The summed E-state index contributed by atoms with van der Waals surface area (Å²) in [5.74, 6) is 0.126. The molecule has 0 aliphatic carbocycles. The van der Waals surface area contributed by atoms with E-state index in [-0.39, 0.29) is 6.61 Å². The molecular formula is C17H25NO5. The molecule has 0 bridgehead atoms. The maximum Gasteiger partial charge on any atom is 0.412 e. The first kappa shape index (κ1) is 18.8. The van der Waals surface area contributed by atoms with Crippen LogP contribution in [-0.2, 0) is 14.3 Å². The Hall–Kier alpha value is -2.24. The molecule has 128 valence electrons. The zero-order valence-corrected chi connectivity index (χ0v) is 14.6. The van der Waals surface area contributed by atoms with E-state index in [1.165, 1.54) is 0 Å². The Balaban J connectivity index is 2.77. The lowest BCUT2D eigenvalue weighted by atomic mass is 10.1. The van der Waals surface area contributed by atoms with Crippen molar-refractivity contribution in [2.75, 3.05) is 18.5 Å². The summed E-state index contributed by atoms with van der Waals surface area (Å²) in [5.41, 5.74) is 1.74. The van der Waals surface area contributed by atoms with Crippen LogP contribution in [0.1, 0.15) is 38.8 Å². The zero-order chi connectivity index (χ0) is 17.6. The van der Waals surface area contributed by atoms with Crippen LogP contribution in [0.2, 0.25) is 0 Å². The molecule has 6 heteroatoms. The average molecular weight is 323 g/mol.